The first-order valence-corrected chi connectivity index (χ1v) is 8.55. The highest BCUT2D eigenvalue weighted by molar-refractivity contribution is 14.1. The molecular formula is C17H20INO2. The Hall–Kier alpha value is -0.880. The normalized spacial score (nSPS) is 25.4. The van der Waals surface area contributed by atoms with Gasteiger partial charge in [0.1, 0.15) is 7.11 Å². The molecule has 0 amide bonds. The Labute approximate surface area is 139 Å². The summed E-state index contributed by atoms with van der Waals surface area (Å²) in [5, 5.41) is 4.25. The largest absolute Gasteiger partial charge is 0.399 e. The van der Waals surface area contributed by atoms with Gasteiger partial charge in [0.05, 0.1) is 17.9 Å². The molecule has 112 valence electrons. The van der Waals surface area contributed by atoms with Crippen molar-refractivity contribution in [2.75, 3.05) is 7.11 Å². The summed E-state index contributed by atoms with van der Waals surface area (Å²) in [6, 6.07) is 8.75. The van der Waals surface area contributed by atoms with E-state index in [1.807, 2.05) is 0 Å². The molecule has 0 aliphatic carbocycles. The van der Waals surface area contributed by atoms with Gasteiger partial charge in [-0.15, -0.1) is 0 Å². The van der Waals surface area contributed by atoms with E-state index in [9.17, 15) is 0 Å². The smallest absolute Gasteiger partial charge is 0.106 e. The number of ether oxygens (including phenoxy) is 1. The third-order valence-electron chi connectivity index (χ3n) is 4.23. The van der Waals surface area contributed by atoms with E-state index >= 15 is 0 Å². The van der Waals surface area contributed by atoms with Crippen LogP contribution in [0.3, 0.4) is 0 Å². The molecule has 2 bridgehead atoms. The van der Waals surface area contributed by atoms with Gasteiger partial charge in [-0.1, -0.05) is 24.2 Å². The molecule has 3 rings (SSSR count). The number of benzene rings is 1. The van der Waals surface area contributed by atoms with Gasteiger partial charge in [-0.2, -0.15) is 0 Å². The van der Waals surface area contributed by atoms with Crippen LogP contribution >= 0.6 is 22.6 Å². The van der Waals surface area contributed by atoms with Gasteiger partial charge >= 0.3 is 0 Å². The number of hydrogen-bond donors (Lipinski definition) is 0. The molecule has 1 aromatic carbocycles. The summed E-state index contributed by atoms with van der Waals surface area (Å²) in [4.78, 5) is 5.05. The van der Waals surface area contributed by atoms with Crippen LogP contribution in [-0.2, 0) is 9.57 Å². The van der Waals surface area contributed by atoms with Gasteiger partial charge in [0.15, 0.2) is 0 Å². The Morgan fingerprint density at radius 3 is 2.76 bits per heavy atom. The first kappa shape index (κ1) is 15.0. The minimum atomic E-state index is 0.187. The fourth-order valence-corrected chi connectivity index (χ4v) is 3.66. The fourth-order valence-electron chi connectivity index (χ4n) is 3.30. The molecule has 1 fully saturated rings. The number of fused-ring (bicyclic) bond motifs is 2. The Morgan fingerprint density at radius 2 is 2.10 bits per heavy atom. The zero-order valence-electron chi connectivity index (χ0n) is 12.4. The summed E-state index contributed by atoms with van der Waals surface area (Å²) in [6.45, 7) is 2.12. The topological polar surface area (TPSA) is 30.8 Å². The molecule has 21 heavy (non-hydrogen) atoms. The van der Waals surface area contributed by atoms with Crippen molar-refractivity contribution in [3.05, 3.63) is 39.0 Å². The molecule has 0 radical (unpaired) electrons. The standard InChI is InChI=1S/C17H20INO2/c1-3-15(19-20-2)17-14(10-13-8-9-16(17)21-13)11-4-6-12(18)7-5-11/h4-7,13,16H,3,8-10H2,1-2H3. The van der Waals surface area contributed by atoms with Gasteiger partial charge in [0.25, 0.3) is 0 Å². The second-order valence-electron chi connectivity index (χ2n) is 5.50. The lowest BCUT2D eigenvalue weighted by Gasteiger charge is -2.28. The first-order valence-electron chi connectivity index (χ1n) is 7.47. The predicted octanol–water partition coefficient (Wildman–Crippen LogP) is 4.41. The van der Waals surface area contributed by atoms with Crippen LogP contribution in [0.1, 0.15) is 38.2 Å². The Kier molecular flexibility index (Phi) is 4.64. The van der Waals surface area contributed by atoms with Crippen LogP contribution in [0.4, 0.5) is 0 Å². The van der Waals surface area contributed by atoms with Crippen molar-refractivity contribution in [2.24, 2.45) is 5.16 Å². The summed E-state index contributed by atoms with van der Waals surface area (Å²) in [6.07, 6.45) is 4.64. The third kappa shape index (κ3) is 3.01. The molecule has 2 unspecified atom stereocenters. The van der Waals surface area contributed by atoms with E-state index in [1.54, 1.807) is 7.11 Å². The van der Waals surface area contributed by atoms with E-state index in [0.29, 0.717) is 6.10 Å². The van der Waals surface area contributed by atoms with E-state index in [0.717, 1.165) is 31.4 Å². The van der Waals surface area contributed by atoms with Gasteiger partial charge in [0.2, 0.25) is 0 Å². The quantitative estimate of drug-likeness (QED) is 0.428. The van der Waals surface area contributed by atoms with Crippen LogP contribution < -0.4 is 0 Å². The summed E-state index contributed by atoms with van der Waals surface area (Å²) in [5.74, 6) is 0. The van der Waals surface area contributed by atoms with E-state index < -0.39 is 0 Å². The van der Waals surface area contributed by atoms with Crippen molar-refractivity contribution in [1.82, 2.24) is 0 Å². The highest BCUT2D eigenvalue weighted by atomic mass is 127. The number of hydrogen-bond acceptors (Lipinski definition) is 3. The van der Waals surface area contributed by atoms with Crippen molar-refractivity contribution >= 4 is 33.9 Å². The summed E-state index contributed by atoms with van der Waals surface area (Å²) in [7, 11) is 1.61. The van der Waals surface area contributed by atoms with Crippen LogP contribution in [0.2, 0.25) is 0 Å². The molecule has 2 aliphatic rings. The maximum absolute atomic E-state index is 6.12. The molecular weight excluding hydrogens is 377 g/mol. The average molecular weight is 397 g/mol. The number of oxime groups is 1. The summed E-state index contributed by atoms with van der Waals surface area (Å²) >= 11 is 2.34. The molecule has 3 nitrogen and oxygen atoms in total. The third-order valence-corrected chi connectivity index (χ3v) is 4.95. The molecule has 1 saturated heterocycles. The number of rotatable bonds is 4. The fraction of sp³-hybridized carbons (Fsp3) is 0.471. The van der Waals surface area contributed by atoms with Gasteiger partial charge in [-0.3, -0.25) is 0 Å². The second-order valence-corrected chi connectivity index (χ2v) is 6.75. The number of halogens is 1. The highest BCUT2D eigenvalue weighted by Gasteiger charge is 2.37. The molecule has 0 N–H and O–H groups in total. The zero-order chi connectivity index (χ0) is 14.8. The molecule has 0 aromatic heterocycles. The van der Waals surface area contributed by atoms with E-state index in [2.05, 4.69) is 58.9 Å². The van der Waals surface area contributed by atoms with Crippen molar-refractivity contribution in [3.8, 4) is 0 Å². The molecule has 2 aliphatic heterocycles. The van der Waals surface area contributed by atoms with Crippen molar-refractivity contribution < 1.29 is 9.57 Å². The summed E-state index contributed by atoms with van der Waals surface area (Å²) < 4.78 is 7.38. The lowest BCUT2D eigenvalue weighted by atomic mass is 9.89. The Balaban J connectivity index is 2.09. The average Bonchev–Trinajstić information content (AvgIpc) is 2.88. The summed E-state index contributed by atoms with van der Waals surface area (Å²) in [5.41, 5.74) is 4.97. The van der Waals surface area contributed by atoms with Crippen molar-refractivity contribution in [2.45, 2.75) is 44.8 Å². The number of nitrogens with zero attached hydrogens (tertiary/aromatic N) is 1. The maximum atomic E-state index is 6.12. The van der Waals surface area contributed by atoms with E-state index in [-0.39, 0.29) is 6.10 Å². The molecule has 2 heterocycles. The van der Waals surface area contributed by atoms with Crippen molar-refractivity contribution in [3.63, 3.8) is 0 Å². The van der Waals surface area contributed by atoms with Crippen LogP contribution in [0.15, 0.2) is 35.0 Å². The van der Waals surface area contributed by atoms with Gasteiger partial charge in [0, 0.05) is 9.14 Å². The van der Waals surface area contributed by atoms with E-state index in [1.165, 1.54) is 20.3 Å². The SMILES string of the molecule is CCC(=NOC)C1=C(c2ccc(I)cc2)CC2CCC1O2. The van der Waals surface area contributed by atoms with Crippen molar-refractivity contribution in [1.29, 1.82) is 0 Å². The molecule has 4 heteroatoms. The Morgan fingerprint density at radius 1 is 1.33 bits per heavy atom. The lowest BCUT2D eigenvalue weighted by molar-refractivity contribution is 0.0628. The predicted molar refractivity (Wildman–Crippen MR) is 93.3 cm³/mol. The van der Waals surface area contributed by atoms with Crippen LogP contribution in [-0.4, -0.2) is 25.0 Å². The Bertz CT molecular complexity index is 577. The van der Waals surface area contributed by atoms with Crippen LogP contribution in [0.25, 0.3) is 5.57 Å². The van der Waals surface area contributed by atoms with Gasteiger partial charge in [-0.25, -0.2) is 0 Å². The first-order chi connectivity index (χ1) is 10.2. The van der Waals surface area contributed by atoms with Crippen LogP contribution in [0.5, 0.6) is 0 Å². The molecule has 0 spiro atoms. The minimum absolute atomic E-state index is 0.187. The van der Waals surface area contributed by atoms with Crippen LogP contribution in [0, 0.1) is 3.57 Å². The van der Waals surface area contributed by atoms with Gasteiger partial charge in [-0.05, 0) is 71.5 Å². The molecule has 0 saturated carbocycles. The lowest BCUT2D eigenvalue weighted by Crippen LogP contribution is -2.26. The minimum Gasteiger partial charge on any atom is -0.399 e. The van der Waals surface area contributed by atoms with E-state index in [4.69, 9.17) is 9.57 Å². The maximum Gasteiger partial charge on any atom is 0.106 e. The highest BCUT2D eigenvalue weighted by Crippen LogP contribution is 2.41. The molecule has 1 aromatic rings. The molecule has 2 atom stereocenters. The zero-order valence-corrected chi connectivity index (χ0v) is 14.6. The monoisotopic (exact) mass is 397 g/mol. The second kappa shape index (κ2) is 6.48. The van der Waals surface area contributed by atoms with Gasteiger partial charge < -0.3 is 9.57 Å².